The molecule has 0 radical (unpaired) electrons. The zero-order chi connectivity index (χ0) is 19.4. The van der Waals surface area contributed by atoms with Gasteiger partial charge in [-0.3, -0.25) is 4.79 Å². The second-order valence-electron chi connectivity index (χ2n) is 7.49. The first kappa shape index (κ1) is 19.9. The molecular weight excluding hydrogens is 368 g/mol. The highest BCUT2D eigenvalue weighted by molar-refractivity contribution is 7.89. The van der Waals surface area contributed by atoms with Crippen molar-refractivity contribution in [1.29, 1.82) is 0 Å². The Morgan fingerprint density at radius 2 is 1.74 bits per heavy atom. The lowest BCUT2D eigenvalue weighted by Gasteiger charge is -2.24. The van der Waals surface area contributed by atoms with Gasteiger partial charge < -0.3 is 14.8 Å². The number of hydrogen-bond donors (Lipinski definition) is 2. The molecule has 1 heterocycles. The highest BCUT2D eigenvalue weighted by atomic mass is 32.2. The maximum atomic E-state index is 12.9. The molecule has 1 saturated carbocycles. The molecule has 1 aromatic carbocycles. The van der Waals surface area contributed by atoms with Gasteiger partial charge in [-0.15, -0.1) is 0 Å². The van der Waals surface area contributed by atoms with E-state index in [1.807, 2.05) is 13.8 Å². The molecule has 1 aromatic rings. The lowest BCUT2D eigenvalue weighted by atomic mass is 10.0. The Morgan fingerprint density at radius 3 is 2.41 bits per heavy atom. The van der Waals surface area contributed by atoms with Crippen molar-refractivity contribution in [2.75, 3.05) is 13.2 Å². The van der Waals surface area contributed by atoms with Crippen LogP contribution in [0.3, 0.4) is 0 Å². The van der Waals surface area contributed by atoms with Crippen molar-refractivity contribution in [3.05, 3.63) is 18.2 Å². The minimum absolute atomic E-state index is 0.0612. The minimum atomic E-state index is -3.87. The molecule has 3 rings (SSSR count). The van der Waals surface area contributed by atoms with Crippen LogP contribution in [0.25, 0.3) is 0 Å². The number of hydrogen-bond acceptors (Lipinski definition) is 5. The Bertz CT molecular complexity index is 772. The van der Waals surface area contributed by atoms with Gasteiger partial charge in [0, 0.05) is 18.5 Å². The van der Waals surface area contributed by atoms with Gasteiger partial charge in [0.15, 0.2) is 11.5 Å². The van der Waals surface area contributed by atoms with E-state index in [2.05, 4.69) is 10.0 Å². The predicted octanol–water partition coefficient (Wildman–Crippen LogP) is 2.21. The third kappa shape index (κ3) is 4.93. The topological polar surface area (TPSA) is 93.7 Å². The lowest BCUT2D eigenvalue weighted by molar-refractivity contribution is -0.124. The maximum absolute atomic E-state index is 12.9. The quantitative estimate of drug-likeness (QED) is 0.769. The molecule has 1 fully saturated rings. The van der Waals surface area contributed by atoms with E-state index in [0.717, 1.165) is 32.1 Å². The molecule has 2 aliphatic rings. The number of rotatable bonds is 6. The predicted molar refractivity (Wildman–Crippen MR) is 101 cm³/mol. The molecule has 0 aromatic heterocycles. The van der Waals surface area contributed by atoms with Gasteiger partial charge in [-0.2, -0.15) is 4.72 Å². The average Bonchev–Trinajstić information content (AvgIpc) is 3.01. The summed E-state index contributed by atoms with van der Waals surface area (Å²) in [7, 11) is -3.87. The van der Waals surface area contributed by atoms with E-state index < -0.39 is 16.1 Å². The molecule has 0 saturated heterocycles. The molecule has 1 aliphatic heterocycles. The van der Waals surface area contributed by atoms with Gasteiger partial charge in [0.2, 0.25) is 15.9 Å². The Hall–Kier alpha value is -1.80. The van der Waals surface area contributed by atoms with E-state index in [-0.39, 0.29) is 22.8 Å². The Labute approximate surface area is 160 Å². The van der Waals surface area contributed by atoms with Gasteiger partial charge in [0.1, 0.15) is 6.04 Å². The van der Waals surface area contributed by atoms with Crippen LogP contribution in [0.15, 0.2) is 23.1 Å². The zero-order valence-corrected chi connectivity index (χ0v) is 16.7. The van der Waals surface area contributed by atoms with Crippen LogP contribution in [0.2, 0.25) is 0 Å². The standard InChI is InChI=1S/C19H28N2O5S/c1-13(2)18(19(22)20-14-6-3-4-7-14)21-27(23,24)15-8-9-16-17(12-15)26-11-5-10-25-16/h8-9,12-14,18,21H,3-7,10-11H2,1-2H3,(H,20,22). The number of fused-ring (bicyclic) bond motifs is 1. The highest BCUT2D eigenvalue weighted by Gasteiger charge is 2.31. The Balaban J connectivity index is 1.76. The molecule has 8 heteroatoms. The van der Waals surface area contributed by atoms with Gasteiger partial charge in [-0.25, -0.2) is 8.42 Å². The molecule has 1 amide bonds. The van der Waals surface area contributed by atoms with E-state index in [1.54, 1.807) is 6.07 Å². The second-order valence-corrected chi connectivity index (χ2v) is 9.21. The summed E-state index contributed by atoms with van der Waals surface area (Å²) < 4.78 is 39.4. The fourth-order valence-corrected chi connectivity index (χ4v) is 4.76. The van der Waals surface area contributed by atoms with Crippen molar-refractivity contribution in [3.63, 3.8) is 0 Å². The lowest BCUT2D eigenvalue weighted by Crippen LogP contribution is -2.51. The maximum Gasteiger partial charge on any atom is 0.241 e. The van der Waals surface area contributed by atoms with Crippen molar-refractivity contribution in [2.24, 2.45) is 5.92 Å². The van der Waals surface area contributed by atoms with Gasteiger partial charge >= 0.3 is 0 Å². The molecule has 27 heavy (non-hydrogen) atoms. The average molecular weight is 397 g/mol. The van der Waals surface area contributed by atoms with Crippen LogP contribution in [-0.4, -0.2) is 39.6 Å². The number of benzene rings is 1. The van der Waals surface area contributed by atoms with Gasteiger partial charge in [0.05, 0.1) is 18.1 Å². The minimum Gasteiger partial charge on any atom is -0.490 e. The normalized spacial score (nSPS) is 18.9. The van der Waals surface area contributed by atoms with Crippen LogP contribution in [0.4, 0.5) is 0 Å². The van der Waals surface area contributed by atoms with Crippen LogP contribution in [0.1, 0.15) is 46.0 Å². The van der Waals surface area contributed by atoms with Crippen LogP contribution in [0.5, 0.6) is 11.5 Å². The first-order chi connectivity index (χ1) is 12.9. The number of ether oxygens (including phenoxy) is 2. The first-order valence-electron chi connectivity index (χ1n) is 9.59. The fourth-order valence-electron chi connectivity index (χ4n) is 3.40. The van der Waals surface area contributed by atoms with Gasteiger partial charge in [-0.05, 0) is 30.9 Å². The van der Waals surface area contributed by atoms with E-state index in [9.17, 15) is 13.2 Å². The van der Waals surface area contributed by atoms with Crippen molar-refractivity contribution in [1.82, 2.24) is 10.0 Å². The summed E-state index contributed by atoms with van der Waals surface area (Å²) in [5, 5.41) is 2.98. The van der Waals surface area contributed by atoms with Gasteiger partial charge in [-0.1, -0.05) is 26.7 Å². The first-order valence-corrected chi connectivity index (χ1v) is 11.1. The molecule has 1 aliphatic carbocycles. The Morgan fingerprint density at radius 1 is 1.07 bits per heavy atom. The Kier molecular flexibility index (Phi) is 6.26. The number of carbonyl (C=O) groups excluding carboxylic acids is 1. The summed E-state index contributed by atoms with van der Waals surface area (Å²) in [6.07, 6.45) is 4.84. The summed E-state index contributed by atoms with van der Waals surface area (Å²) in [6, 6.07) is 3.84. The number of nitrogens with one attached hydrogen (secondary N) is 2. The van der Waals surface area contributed by atoms with Crippen molar-refractivity contribution in [3.8, 4) is 11.5 Å². The highest BCUT2D eigenvalue weighted by Crippen LogP contribution is 2.32. The largest absolute Gasteiger partial charge is 0.490 e. The summed E-state index contributed by atoms with van der Waals surface area (Å²) >= 11 is 0. The summed E-state index contributed by atoms with van der Waals surface area (Å²) in [5.41, 5.74) is 0. The fraction of sp³-hybridized carbons (Fsp3) is 0.632. The summed E-state index contributed by atoms with van der Waals surface area (Å²) in [6.45, 7) is 4.67. The third-order valence-corrected chi connectivity index (χ3v) is 6.40. The SMILES string of the molecule is CC(C)C(NS(=O)(=O)c1ccc2c(c1)OCCCO2)C(=O)NC1CCCC1. The molecule has 1 unspecified atom stereocenters. The molecule has 2 N–H and O–H groups in total. The van der Waals surface area contributed by atoms with E-state index in [1.165, 1.54) is 12.1 Å². The molecule has 7 nitrogen and oxygen atoms in total. The summed E-state index contributed by atoms with van der Waals surface area (Å²) in [4.78, 5) is 12.7. The zero-order valence-electron chi connectivity index (χ0n) is 15.9. The van der Waals surface area contributed by atoms with Crippen LogP contribution in [0, 0.1) is 5.92 Å². The van der Waals surface area contributed by atoms with Crippen molar-refractivity contribution >= 4 is 15.9 Å². The molecule has 0 bridgehead atoms. The summed E-state index contributed by atoms with van der Waals surface area (Å²) in [5.74, 6) is 0.495. The van der Waals surface area contributed by atoms with Crippen LogP contribution in [-0.2, 0) is 14.8 Å². The molecular formula is C19H28N2O5S. The second kappa shape index (κ2) is 8.48. The van der Waals surface area contributed by atoms with Crippen LogP contribution < -0.4 is 19.5 Å². The van der Waals surface area contributed by atoms with Crippen molar-refractivity contribution in [2.45, 2.75) is 62.9 Å². The van der Waals surface area contributed by atoms with Crippen molar-refractivity contribution < 1.29 is 22.7 Å². The number of amides is 1. The van der Waals surface area contributed by atoms with E-state index in [4.69, 9.17) is 9.47 Å². The molecule has 0 spiro atoms. The van der Waals surface area contributed by atoms with E-state index in [0.29, 0.717) is 24.7 Å². The number of carbonyl (C=O) groups is 1. The number of sulfonamides is 1. The van der Waals surface area contributed by atoms with E-state index >= 15 is 0 Å². The smallest absolute Gasteiger partial charge is 0.241 e. The molecule has 150 valence electrons. The monoisotopic (exact) mass is 396 g/mol. The van der Waals surface area contributed by atoms with Crippen LogP contribution >= 0.6 is 0 Å². The third-order valence-electron chi connectivity index (χ3n) is 4.96. The molecule has 1 atom stereocenters. The van der Waals surface area contributed by atoms with Gasteiger partial charge in [0.25, 0.3) is 0 Å².